The Morgan fingerprint density at radius 1 is 0.590 bits per heavy atom. The average Bonchev–Trinajstić information content (AvgIpc) is 3.64. The number of ether oxygens (including phenoxy) is 4. The van der Waals surface area contributed by atoms with Gasteiger partial charge in [-0.2, -0.15) is 0 Å². The van der Waals surface area contributed by atoms with Gasteiger partial charge in [0, 0.05) is 19.0 Å². The predicted octanol–water partition coefficient (Wildman–Crippen LogP) is 13.6. The van der Waals surface area contributed by atoms with Crippen LogP contribution in [0.2, 0.25) is 0 Å². The Bertz CT molecular complexity index is 1150. The molecule has 1 rings (SSSR count). The van der Waals surface area contributed by atoms with Crippen molar-refractivity contribution in [1.82, 2.24) is 4.90 Å². The first-order valence-electron chi connectivity index (χ1n) is 25.4. The Morgan fingerprint density at radius 2 is 1.03 bits per heavy atom. The first kappa shape index (κ1) is 56.6. The number of rotatable bonds is 40. The molecule has 0 radical (unpaired) electrons. The molecule has 0 aliphatic carbocycles. The summed E-state index contributed by atoms with van der Waals surface area (Å²) < 4.78 is 23.2. The Morgan fingerprint density at radius 3 is 1.56 bits per heavy atom. The van der Waals surface area contributed by atoms with Crippen LogP contribution in [0.15, 0.2) is 12.7 Å². The molecule has 356 valence electrons. The van der Waals surface area contributed by atoms with Crippen molar-refractivity contribution >= 4 is 23.9 Å². The van der Waals surface area contributed by atoms with E-state index < -0.39 is 28.9 Å². The van der Waals surface area contributed by atoms with Gasteiger partial charge in [-0.25, -0.2) is 4.79 Å². The maximum absolute atomic E-state index is 13.4. The molecule has 9 nitrogen and oxygen atoms in total. The van der Waals surface area contributed by atoms with E-state index in [0.717, 1.165) is 89.5 Å². The van der Waals surface area contributed by atoms with E-state index in [4.69, 9.17) is 18.9 Å². The van der Waals surface area contributed by atoms with Gasteiger partial charge < -0.3 is 18.9 Å². The molecule has 0 amide bonds. The minimum atomic E-state index is -0.576. The van der Waals surface area contributed by atoms with Crippen LogP contribution in [-0.4, -0.2) is 73.3 Å². The number of nitrogens with zero attached hydrogens (tertiary/aromatic N) is 1. The molecular weight excluding hydrogens is 767 g/mol. The van der Waals surface area contributed by atoms with E-state index >= 15 is 0 Å². The number of carbonyl (C=O) groups is 4. The molecule has 1 aliphatic heterocycles. The quantitative estimate of drug-likeness (QED) is 0.0257. The van der Waals surface area contributed by atoms with Crippen LogP contribution in [0.3, 0.4) is 0 Å². The number of esters is 4. The van der Waals surface area contributed by atoms with Crippen molar-refractivity contribution in [2.45, 2.75) is 259 Å². The fourth-order valence-corrected chi connectivity index (χ4v) is 8.33. The van der Waals surface area contributed by atoms with Crippen LogP contribution < -0.4 is 0 Å². The van der Waals surface area contributed by atoms with Gasteiger partial charge in [0.15, 0.2) is 0 Å². The van der Waals surface area contributed by atoms with Crippen molar-refractivity contribution in [3.8, 4) is 0 Å². The van der Waals surface area contributed by atoms with Gasteiger partial charge in [0.2, 0.25) is 0 Å². The molecule has 9 heteroatoms. The van der Waals surface area contributed by atoms with Gasteiger partial charge in [-0.15, -0.1) is 0 Å². The highest BCUT2D eigenvalue weighted by Gasteiger charge is 2.39. The summed E-state index contributed by atoms with van der Waals surface area (Å²) in [6.45, 7) is 20.1. The molecule has 0 aromatic heterocycles. The molecule has 0 spiro atoms. The van der Waals surface area contributed by atoms with Gasteiger partial charge in [0.05, 0.1) is 24.0 Å². The van der Waals surface area contributed by atoms with E-state index in [2.05, 4.69) is 32.3 Å². The second-order valence-electron chi connectivity index (χ2n) is 19.5. The highest BCUT2D eigenvalue weighted by Crippen LogP contribution is 2.30. The number of unbranched alkanes of at least 4 members (excludes halogenated alkanes) is 20. The second-order valence-corrected chi connectivity index (χ2v) is 19.5. The summed E-state index contributed by atoms with van der Waals surface area (Å²) in [5.74, 6) is -0.995. The van der Waals surface area contributed by atoms with E-state index in [9.17, 15) is 19.2 Å². The van der Waals surface area contributed by atoms with Gasteiger partial charge in [0.1, 0.15) is 18.2 Å². The van der Waals surface area contributed by atoms with E-state index in [-0.39, 0.29) is 24.0 Å². The maximum Gasteiger partial charge on any atom is 0.330 e. The molecule has 1 saturated heterocycles. The standard InChI is InChI=1S/C52H95NO8/c1-9-13-16-19-20-21-22-26-34-41-59-49(56)51(5,6)38-31-32-39-53-43-45(60-47(54)12-4)42-46(53)48(55)58-40-33-27-25-30-37-52(7,8)50(57)61-44(35-28-23-17-14-10-2)36-29-24-18-15-11-3/h12,44-46H,4,9-11,13-43H2,1-3,5-8H3/t45?,46-/m0/s1. The molecule has 1 fully saturated rings. The molecule has 1 heterocycles. The summed E-state index contributed by atoms with van der Waals surface area (Å²) in [6, 6.07) is -0.486. The molecule has 1 unspecified atom stereocenters. The van der Waals surface area contributed by atoms with Crippen LogP contribution in [0, 0.1) is 10.8 Å². The maximum atomic E-state index is 13.4. The zero-order valence-electron chi connectivity index (χ0n) is 40.8. The van der Waals surface area contributed by atoms with Gasteiger partial charge in [-0.05, 0) is 92.0 Å². The minimum absolute atomic E-state index is 0.0201. The highest BCUT2D eigenvalue weighted by molar-refractivity contribution is 5.81. The third-order valence-corrected chi connectivity index (χ3v) is 12.6. The van der Waals surface area contributed by atoms with Crippen molar-refractivity contribution in [2.75, 3.05) is 26.3 Å². The fraction of sp³-hybridized carbons (Fsp3) is 0.885. The normalized spacial score (nSPS) is 15.9. The second kappa shape index (κ2) is 35.0. The lowest BCUT2D eigenvalue weighted by atomic mass is 9.86. The van der Waals surface area contributed by atoms with Gasteiger partial charge >= 0.3 is 23.9 Å². The summed E-state index contributed by atoms with van der Waals surface area (Å²) in [7, 11) is 0. The predicted molar refractivity (Wildman–Crippen MR) is 250 cm³/mol. The molecule has 0 N–H and O–H groups in total. The number of likely N-dealkylation sites (tertiary alicyclic amines) is 1. The highest BCUT2D eigenvalue weighted by atomic mass is 16.6. The van der Waals surface area contributed by atoms with Crippen LogP contribution in [0.25, 0.3) is 0 Å². The summed E-state index contributed by atoms with van der Waals surface area (Å²) in [6.07, 6.45) is 32.9. The van der Waals surface area contributed by atoms with Gasteiger partial charge in [0.25, 0.3) is 0 Å². The number of hydrogen-bond acceptors (Lipinski definition) is 9. The summed E-state index contributed by atoms with van der Waals surface area (Å²) in [4.78, 5) is 53.6. The van der Waals surface area contributed by atoms with Crippen molar-refractivity contribution in [3.05, 3.63) is 12.7 Å². The Balaban J connectivity index is 2.47. The van der Waals surface area contributed by atoms with Crippen LogP contribution in [-0.2, 0) is 38.1 Å². The van der Waals surface area contributed by atoms with E-state index in [1.165, 1.54) is 96.3 Å². The summed E-state index contributed by atoms with van der Waals surface area (Å²) in [5.41, 5.74) is -1.11. The smallest absolute Gasteiger partial charge is 0.330 e. The van der Waals surface area contributed by atoms with Crippen LogP contribution in [0.1, 0.15) is 241 Å². The lowest BCUT2D eigenvalue weighted by Crippen LogP contribution is -2.38. The Labute approximate surface area is 375 Å². The Kier molecular flexibility index (Phi) is 32.5. The zero-order chi connectivity index (χ0) is 45.2. The number of carbonyl (C=O) groups excluding carboxylic acids is 4. The molecule has 0 aromatic carbocycles. The van der Waals surface area contributed by atoms with Gasteiger partial charge in [-0.1, -0.05) is 156 Å². The summed E-state index contributed by atoms with van der Waals surface area (Å²) in [5, 5.41) is 0. The van der Waals surface area contributed by atoms with E-state index in [0.29, 0.717) is 39.1 Å². The topological polar surface area (TPSA) is 108 Å². The number of hydrogen-bond donors (Lipinski definition) is 0. The molecule has 2 atom stereocenters. The molecular formula is C52H95NO8. The van der Waals surface area contributed by atoms with Crippen LogP contribution in [0.5, 0.6) is 0 Å². The van der Waals surface area contributed by atoms with E-state index in [1.807, 2.05) is 27.7 Å². The lowest BCUT2D eigenvalue weighted by molar-refractivity contribution is -0.161. The molecule has 0 bridgehead atoms. The van der Waals surface area contributed by atoms with Crippen molar-refractivity contribution in [3.63, 3.8) is 0 Å². The first-order valence-corrected chi connectivity index (χ1v) is 25.4. The lowest BCUT2D eigenvalue weighted by Gasteiger charge is -2.27. The fourth-order valence-electron chi connectivity index (χ4n) is 8.33. The minimum Gasteiger partial charge on any atom is -0.465 e. The van der Waals surface area contributed by atoms with Crippen LogP contribution in [0.4, 0.5) is 0 Å². The first-order chi connectivity index (χ1) is 29.3. The average molecular weight is 862 g/mol. The van der Waals surface area contributed by atoms with Crippen molar-refractivity contribution < 1.29 is 38.1 Å². The molecule has 1 aliphatic rings. The third-order valence-electron chi connectivity index (χ3n) is 12.6. The Hall–Kier alpha value is -2.42. The molecule has 0 saturated carbocycles. The SMILES string of the molecule is C=CC(=O)OC1C[C@@H](C(=O)OCCCCCCC(C)(C)C(=O)OC(CCCCCCC)CCCCCCC)N(CCCCC(C)(C)C(=O)OCCCCCCCCCCC)C1. The third kappa shape index (κ3) is 27.4. The van der Waals surface area contributed by atoms with E-state index in [1.54, 1.807) is 0 Å². The van der Waals surface area contributed by atoms with Crippen molar-refractivity contribution in [1.29, 1.82) is 0 Å². The monoisotopic (exact) mass is 862 g/mol. The zero-order valence-corrected chi connectivity index (χ0v) is 40.8. The van der Waals surface area contributed by atoms with Crippen molar-refractivity contribution in [2.24, 2.45) is 10.8 Å². The van der Waals surface area contributed by atoms with Crippen LogP contribution >= 0.6 is 0 Å². The largest absolute Gasteiger partial charge is 0.465 e. The molecule has 0 aromatic rings. The van der Waals surface area contributed by atoms with Gasteiger partial charge in [-0.3, -0.25) is 19.3 Å². The molecule has 61 heavy (non-hydrogen) atoms. The summed E-state index contributed by atoms with van der Waals surface area (Å²) >= 11 is 0.